The van der Waals surface area contributed by atoms with Crippen LogP contribution in [0, 0.1) is 10.8 Å². The average molecular weight is 243 g/mol. The molecule has 1 heterocycles. The van der Waals surface area contributed by atoms with Crippen LogP contribution in [0.3, 0.4) is 0 Å². The molecule has 1 aliphatic heterocycles. The lowest BCUT2D eigenvalue weighted by Crippen LogP contribution is -2.49. The predicted molar refractivity (Wildman–Crippen MR) is 68.2 cm³/mol. The molecule has 2 unspecified atom stereocenters. The zero-order chi connectivity index (χ0) is 13.1. The Kier molecular flexibility index (Phi) is 4.91. The molecule has 0 aliphatic carbocycles. The van der Waals surface area contributed by atoms with Crippen LogP contribution < -0.4 is 5.73 Å². The fourth-order valence-corrected chi connectivity index (χ4v) is 2.00. The number of amidine groups is 1. The highest BCUT2D eigenvalue weighted by Crippen LogP contribution is 2.21. The van der Waals surface area contributed by atoms with Crippen LogP contribution in [-0.4, -0.2) is 54.3 Å². The lowest BCUT2D eigenvalue weighted by atomic mass is 9.88. The Morgan fingerprint density at radius 2 is 2.18 bits per heavy atom. The van der Waals surface area contributed by atoms with Gasteiger partial charge in [-0.3, -0.25) is 10.3 Å². The summed E-state index contributed by atoms with van der Waals surface area (Å²) in [6.07, 6.45) is 0.924. The molecule has 5 heteroatoms. The van der Waals surface area contributed by atoms with Crippen molar-refractivity contribution in [3.05, 3.63) is 0 Å². The monoisotopic (exact) mass is 243 g/mol. The number of hydrogen-bond acceptors (Lipinski definition) is 4. The number of ether oxygens (including phenoxy) is 1. The van der Waals surface area contributed by atoms with Crippen LogP contribution in [0.15, 0.2) is 0 Å². The molecule has 1 rings (SSSR count). The maximum absolute atomic E-state index is 9.14. The second-order valence-corrected chi connectivity index (χ2v) is 5.56. The van der Waals surface area contributed by atoms with Crippen molar-refractivity contribution >= 4 is 5.84 Å². The molecular formula is C12H25N3O2. The second-order valence-electron chi connectivity index (χ2n) is 5.56. The molecule has 0 aromatic heterocycles. The maximum atomic E-state index is 9.14. The number of nitrogens with one attached hydrogen (secondary N) is 1. The normalized spacial score (nSPS) is 27.1. The van der Waals surface area contributed by atoms with Crippen molar-refractivity contribution in [2.75, 3.05) is 26.2 Å². The van der Waals surface area contributed by atoms with Crippen molar-refractivity contribution in [1.82, 2.24) is 4.90 Å². The van der Waals surface area contributed by atoms with Gasteiger partial charge in [-0.15, -0.1) is 0 Å². The smallest absolute Gasteiger partial charge is 0.0963 e. The summed E-state index contributed by atoms with van der Waals surface area (Å²) < 4.78 is 5.59. The summed E-state index contributed by atoms with van der Waals surface area (Å²) in [6.45, 7) is 8.59. The molecule has 1 fully saturated rings. The van der Waals surface area contributed by atoms with E-state index in [1.807, 2.05) is 20.8 Å². The van der Waals surface area contributed by atoms with Gasteiger partial charge >= 0.3 is 0 Å². The van der Waals surface area contributed by atoms with Crippen LogP contribution in [0.5, 0.6) is 0 Å². The van der Waals surface area contributed by atoms with E-state index in [1.54, 1.807) is 0 Å². The molecule has 1 saturated heterocycles. The Hall–Kier alpha value is -0.650. The first-order valence-corrected chi connectivity index (χ1v) is 6.18. The van der Waals surface area contributed by atoms with E-state index in [2.05, 4.69) is 4.90 Å². The number of nitrogens with two attached hydrogens (primary N) is 1. The molecule has 0 aromatic rings. The Morgan fingerprint density at radius 3 is 2.71 bits per heavy atom. The van der Waals surface area contributed by atoms with Crippen molar-refractivity contribution in [2.24, 2.45) is 11.1 Å². The van der Waals surface area contributed by atoms with Gasteiger partial charge in [0.1, 0.15) is 0 Å². The predicted octanol–water partition coefficient (Wildman–Crippen LogP) is 0.420. The first-order valence-electron chi connectivity index (χ1n) is 6.18. The molecule has 5 nitrogen and oxygen atoms in total. The van der Waals surface area contributed by atoms with E-state index >= 15 is 0 Å². The first kappa shape index (κ1) is 14.4. The quantitative estimate of drug-likeness (QED) is 0.483. The maximum Gasteiger partial charge on any atom is 0.0963 e. The fraction of sp³-hybridized carbons (Fsp3) is 0.917. The summed E-state index contributed by atoms with van der Waals surface area (Å²) in [7, 11) is 0. The number of aliphatic hydroxyl groups is 1. The van der Waals surface area contributed by atoms with Crippen LogP contribution in [-0.2, 0) is 4.74 Å². The van der Waals surface area contributed by atoms with E-state index in [9.17, 15) is 0 Å². The van der Waals surface area contributed by atoms with Gasteiger partial charge in [-0.2, -0.15) is 0 Å². The highest BCUT2D eigenvalue weighted by atomic mass is 16.5. The topological polar surface area (TPSA) is 82.6 Å². The van der Waals surface area contributed by atoms with E-state index in [4.69, 9.17) is 21.0 Å². The third kappa shape index (κ3) is 4.26. The van der Waals surface area contributed by atoms with E-state index in [0.29, 0.717) is 0 Å². The Bertz CT molecular complexity index is 268. The Balaban J connectivity index is 2.43. The zero-order valence-electron chi connectivity index (χ0n) is 11.1. The van der Waals surface area contributed by atoms with E-state index in [-0.39, 0.29) is 30.1 Å². The van der Waals surface area contributed by atoms with Gasteiger partial charge in [0, 0.05) is 18.5 Å². The first-order chi connectivity index (χ1) is 7.85. The van der Waals surface area contributed by atoms with Gasteiger partial charge < -0.3 is 15.6 Å². The van der Waals surface area contributed by atoms with Crippen molar-refractivity contribution in [3.63, 3.8) is 0 Å². The standard InChI is InChI=1S/C12H25N3O2/c1-9-6-15(7-10(8-16)17-9)5-4-12(2,3)11(13)14/h9-10,16H,4-8H2,1-3H3,(H3,13,14). The van der Waals surface area contributed by atoms with Gasteiger partial charge in [0.15, 0.2) is 0 Å². The van der Waals surface area contributed by atoms with Crippen molar-refractivity contribution in [2.45, 2.75) is 39.4 Å². The summed E-state index contributed by atoms with van der Waals surface area (Å²) in [5.41, 5.74) is 5.31. The molecule has 2 atom stereocenters. The third-order valence-electron chi connectivity index (χ3n) is 3.39. The number of aliphatic hydroxyl groups excluding tert-OH is 1. The van der Waals surface area contributed by atoms with Gasteiger partial charge in [0.05, 0.1) is 24.7 Å². The van der Waals surface area contributed by atoms with Gasteiger partial charge in [0.25, 0.3) is 0 Å². The summed E-state index contributed by atoms with van der Waals surface area (Å²) >= 11 is 0. The second kappa shape index (κ2) is 5.80. The summed E-state index contributed by atoms with van der Waals surface area (Å²) in [6, 6.07) is 0. The summed E-state index contributed by atoms with van der Waals surface area (Å²) in [4.78, 5) is 2.28. The molecule has 100 valence electrons. The molecule has 0 radical (unpaired) electrons. The van der Waals surface area contributed by atoms with Crippen LogP contribution >= 0.6 is 0 Å². The average Bonchev–Trinajstić information content (AvgIpc) is 2.25. The lowest BCUT2D eigenvalue weighted by molar-refractivity contribution is -0.0960. The summed E-state index contributed by atoms with van der Waals surface area (Å²) in [5.74, 6) is 0.234. The van der Waals surface area contributed by atoms with Crippen LogP contribution in [0.25, 0.3) is 0 Å². The van der Waals surface area contributed by atoms with Gasteiger partial charge in [-0.1, -0.05) is 13.8 Å². The van der Waals surface area contributed by atoms with Crippen molar-refractivity contribution in [3.8, 4) is 0 Å². The molecule has 0 amide bonds. The van der Waals surface area contributed by atoms with Crippen molar-refractivity contribution in [1.29, 1.82) is 5.41 Å². The van der Waals surface area contributed by atoms with Crippen LogP contribution in [0.4, 0.5) is 0 Å². The molecule has 0 bridgehead atoms. The van der Waals surface area contributed by atoms with Gasteiger partial charge in [-0.25, -0.2) is 0 Å². The molecule has 17 heavy (non-hydrogen) atoms. The third-order valence-corrected chi connectivity index (χ3v) is 3.39. The molecule has 1 aliphatic rings. The minimum Gasteiger partial charge on any atom is -0.394 e. The van der Waals surface area contributed by atoms with Crippen LogP contribution in [0.2, 0.25) is 0 Å². The highest BCUT2D eigenvalue weighted by Gasteiger charge is 2.27. The van der Waals surface area contributed by atoms with Gasteiger partial charge in [0.2, 0.25) is 0 Å². The lowest BCUT2D eigenvalue weighted by Gasteiger charge is -2.37. The fourth-order valence-electron chi connectivity index (χ4n) is 2.00. The minimum absolute atomic E-state index is 0.0664. The SMILES string of the molecule is CC1CN(CCC(C)(C)C(=N)N)CC(CO)O1. The Labute approximate surface area is 103 Å². The summed E-state index contributed by atoms with van der Waals surface area (Å²) in [5, 5.41) is 16.7. The van der Waals surface area contributed by atoms with E-state index in [1.165, 1.54) is 0 Å². The Morgan fingerprint density at radius 1 is 1.53 bits per heavy atom. The molecule has 0 aromatic carbocycles. The number of rotatable bonds is 5. The number of morpholine rings is 1. The van der Waals surface area contributed by atoms with E-state index < -0.39 is 0 Å². The van der Waals surface area contributed by atoms with Crippen molar-refractivity contribution < 1.29 is 9.84 Å². The molecular weight excluding hydrogens is 218 g/mol. The van der Waals surface area contributed by atoms with Gasteiger partial charge in [-0.05, 0) is 19.9 Å². The number of nitrogens with zero attached hydrogens (tertiary/aromatic N) is 1. The molecule has 0 saturated carbocycles. The van der Waals surface area contributed by atoms with Crippen LogP contribution in [0.1, 0.15) is 27.2 Å². The highest BCUT2D eigenvalue weighted by molar-refractivity contribution is 5.82. The number of hydrogen-bond donors (Lipinski definition) is 3. The molecule has 0 spiro atoms. The van der Waals surface area contributed by atoms with E-state index in [0.717, 1.165) is 26.1 Å². The molecule has 4 N–H and O–H groups in total. The zero-order valence-corrected chi connectivity index (χ0v) is 11.1. The largest absolute Gasteiger partial charge is 0.394 e. The minimum atomic E-state index is -0.254.